The standard InChI is InChI=1S/C24H23N5OS2/c1-16-4-9-19(10-5-16)23-27-28-24(29(23)20-11-6-17(2)7-12-20)31-15-22(30)26-25-14-21-13-8-18(3)32-21/h4-14H,15H2,1-3H3,(H,26,30)/b25-14-. The van der Waals surface area contributed by atoms with Gasteiger partial charge in [-0.2, -0.15) is 5.10 Å². The molecule has 4 rings (SSSR count). The highest BCUT2D eigenvalue weighted by Gasteiger charge is 2.17. The number of aryl methyl sites for hydroxylation is 3. The van der Waals surface area contributed by atoms with E-state index >= 15 is 0 Å². The summed E-state index contributed by atoms with van der Waals surface area (Å²) < 4.78 is 1.99. The molecule has 0 spiro atoms. The van der Waals surface area contributed by atoms with Crippen molar-refractivity contribution in [3.05, 3.63) is 81.5 Å². The highest BCUT2D eigenvalue weighted by atomic mass is 32.2. The molecule has 0 aliphatic heterocycles. The maximum atomic E-state index is 12.3. The smallest absolute Gasteiger partial charge is 0.250 e. The number of hydrogen-bond donors (Lipinski definition) is 1. The van der Waals surface area contributed by atoms with Crippen molar-refractivity contribution in [3.8, 4) is 17.1 Å². The first-order valence-electron chi connectivity index (χ1n) is 10.1. The Labute approximate surface area is 195 Å². The number of hydrogen-bond acceptors (Lipinski definition) is 6. The second-order valence-corrected chi connectivity index (χ2v) is 9.64. The van der Waals surface area contributed by atoms with Gasteiger partial charge in [0.2, 0.25) is 0 Å². The molecule has 6 nitrogen and oxygen atoms in total. The zero-order valence-electron chi connectivity index (χ0n) is 18.1. The van der Waals surface area contributed by atoms with E-state index in [1.165, 1.54) is 27.8 Å². The Morgan fingerprint density at radius 2 is 1.69 bits per heavy atom. The summed E-state index contributed by atoms with van der Waals surface area (Å²) >= 11 is 2.95. The van der Waals surface area contributed by atoms with Gasteiger partial charge in [0, 0.05) is 21.0 Å². The zero-order chi connectivity index (χ0) is 22.5. The van der Waals surface area contributed by atoms with Crippen LogP contribution in [0, 0.1) is 20.8 Å². The molecule has 0 unspecified atom stereocenters. The maximum Gasteiger partial charge on any atom is 0.250 e. The molecule has 32 heavy (non-hydrogen) atoms. The lowest BCUT2D eigenvalue weighted by molar-refractivity contribution is -0.118. The highest BCUT2D eigenvalue weighted by molar-refractivity contribution is 7.99. The normalized spacial score (nSPS) is 11.2. The number of carbonyl (C=O) groups is 1. The Morgan fingerprint density at radius 1 is 1.00 bits per heavy atom. The van der Waals surface area contributed by atoms with E-state index in [9.17, 15) is 4.79 Å². The zero-order valence-corrected chi connectivity index (χ0v) is 19.7. The van der Waals surface area contributed by atoms with Crippen molar-refractivity contribution in [3.63, 3.8) is 0 Å². The third kappa shape index (κ3) is 5.33. The number of carbonyl (C=O) groups excluding carboxylic acids is 1. The van der Waals surface area contributed by atoms with Crippen molar-refractivity contribution in [2.24, 2.45) is 5.10 Å². The molecule has 2 heterocycles. The second-order valence-electron chi connectivity index (χ2n) is 7.37. The molecule has 2 aromatic carbocycles. The van der Waals surface area contributed by atoms with E-state index in [4.69, 9.17) is 0 Å². The van der Waals surface area contributed by atoms with Gasteiger partial charge in [0.25, 0.3) is 5.91 Å². The number of amides is 1. The van der Waals surface area contributed by atoms with E-state index in [0.717, 1.165) is 22.0 Å². The average Bonchev–Trinajstić information content (AvgIpc) is 3.39. The van der Waals surface area contributed by atoms with Gasteiger partial charge >= 0.3 is 0 Å². The fourth-order valence-corrected chi connectivity index (χ4v) is 4.53. The van der Waals surface area contributed by atoms with E-state index < -0.39 is 0 Å². The van der Waals surface area contributed by atoms with Crippen LogP contribution in [0.2, 0.25) is 0 Å². The summed E-state index contributed by atoms with van der Waals surface area (Å²) in [7, 11) is 0. The van der Waals surface area contributed by atoms with Crippen LogP contribution in [0.5, 0.6) is 0 Å². The number of nitrogens with zero attached hydrogens (tertiary/aromatic N) is 4. The van der Waals surface area contributed by atoms with Crippen molar-refractivity contribution in [2.75, 3.05) is 5.75 Å². The number of aromatic nitrogens is 3. The summed E-state index contributed by atoms with van der Waals surface area (Å²) in [5.41, 5.74) is 6.85. The molecule has 2 aromatic heterocycles. The monoisotopic (exact) mass is 461 g/mol. The van der Waals surface area contributed by atoms with Gasteiger partial charge in [0.05, 0.1) is 12.0 Å². The van der Waals surface area contributed by atoms with Crippen LogP contribution >= 0.6 is 23.1 Å². The molecule has 0 atom stereocenters. The lowest BCUT2D eigenvalue weighted by Crippen LogP contribution is -2.19. The Balaban J connectivity index is 1.52. The first-order chi connectivity index (χ1) is 15.5. The van der Waals surface area contributed by atoms with Crippen molar-refractivity contribution < 1.29 is 4.79 Å². The van der Waals surface area contributed by atoms with Crippen molar-refractivity contribution in [2.45, 2.75) is 25.9 Å². The van der Waals surface area contributed by atoms with Crippen LogP contribution in [0.25, 0.3) is 17.1 Å². The highest BCUT2D eigenvalue weighted by Crippen LogP contribution is 2.28. The summed E-state index contributed by atoms with van der Waals surface area (Å²) in [6.45, 7) is 6.14. The van der Waals surface area contributed by atoms with Gasteiger partial charge in [-0.25, -0.2) is 5.43 Å². The minimum atomic E-state index is -0.199. The minimum Gasteiger partial charge on any atom is -0.272 e. The SMILES string of the molecule is Cc1ccc(-c2nnc(SCC(=O)N/N=C\c3ccc(C)s3)n2-c2ccc(C)cc2)cc1. The van der Waals surface area contributed by atoms with Gasteiger partial charge in [-0.3, -0.25) is 9.36 Å². The average molecular weight is 462 g/mol. The van der Waals surface area contributed by atoms with Gasteiger partial charge in [0.15, 0.2) is 11.0 Å². The predicted octanol–water partition coefficient (Wildman–Crippen LogP) is 5.16. The number of hydrazone groups is 1. The molecule has 162 valence electrons. The Morgan fingerprint density at radius 3 is 2.34 bits per heavy atom. The molecular weight excluding hydrogens is 438 g/mol. The van der Waals surface area contributed by atoms with Crippen molar-refractivity contribution in [1.82, 2.24) is 20.2 Å². The molecule has 1 amide bonds. The summed E-state index contributed by atoms with van der Waals surface area (Å²) in [5, 5.41) is 13.5. The summed E-state index contributed by atoms with van der Waals surface area (Å²) in [6.07, 6.45) is 1.66. The quantitative estimate of drug-likeness (QED) is 0.234. The number of rotatable bonds is 7. The fraction of sp³-hybridized carbons (Fsp3) is 0.167. The van der Waals surface area contributed by atoms with Crippen LogP contribution in [-0.2, 0) is 4.79 Å². The topological polar surface area (TPSA) is 72.2 Å². The van der Waals surface area contributed by atoms with E-state index in [-0.39, 0.29) is 11.7 Å². The minimum absolute atomic E-state index is 0.179. The van der Waals surface area contributed by atoms with Crippen LogP contribution in [0.1, 0.15) is 20.9 Å². The van der Waals surface area contributed by atoms with Crippen LogP contribution in [0.3, 0.4) is 0 Å². The fourth-order valence-electron chi connectivity index (χ4n) is 3.03. The second kappa shape index (κ2) is 9.93. The lowest BCUT2D eigenvalue weighted by Gasteiger charge is -2.11. The number of thioether (sulfide) groups is 1. The molecule has 4 aromatic rings. The van der Waals surface area contributed by atoms with Crippen LogP contribution < -0.4 is 5.43 Å². The molecule has 0 bridgehead atoms. The van der Waals surface area contributed by atoms with Crippen molar-refractivity contribution in [1.29, 1.82) is 0 Å². The molecule has 0 saturated carbocycles. The van der Waals surface area contributed by atoms with Gasteiger partial charge < -0.3 is 0 Å². The third-order valence-corrected chi connectivity index (χ3v) is 6.57. The first-order valence-corrected chi connectivity index (χ1v) is 11.9. The van der Waals surface area contributed by atoms with E-state index in [2.05, 4.69) is 58.8 Å². The third-order valence-electron chi connectivity index (χ3n) is 4.71. The molecular formula is C24H23N5OS2. The molecule has 0 aliphatic rings. The largest absolute Gasteiger partial charge is 0.272 e. The summed E-state index contributed by atoms with van der Waals surface area (Å²) in [6, 6.07) is 20.3. The van der Waals surface area contributed by atoms with Gasteiger partial charge in [-0.05, 0) is 45.0 Å². The van der Waals surface area contributed by atoms with Crippen molar-refractivity contribution >= 4 is 35.2 Å². The molecule has 0 fully saturated rings. The van der Waals surface area contributed by atoms with Gasteiger partial charge in [-0.15, -0.1) is 21.5 Å². The number of benzene rings is 2. The van der Waals surface area contributed by atoms with E-state index in [1.54, 1.807) is 17.6 Å². The lowest BCUT2D eigenvalue weighted by atomic mass is 10.1. The summed E-state index contributed by atoms with van der Waals surface area (Å²) in [5.74, 6) is 0.719. The maximum absolute atomic E-state index is 12.3. The molecule has 8 heteroatoms. The van der Waals surface area contributed by atoms with Gasteiger partial charge in [-0.1, -0.05) is 59.3 Å². The molecule has 0 saturated heterocycles. The van der Waals surface area contributed by atoms with E-state index in [1.807, 2.05) is 47.9 Å². The summed E-state index contributed by atoms with van der Waals surface area (Å²) in [4.78, 5) is 14.5. The number of nitrogens with one attached hydrogen (secondary N) is 1. The Hall–Kier alpha value is -3.23. The Bertz CT molecular complexity index is 1240. The van der Waals surface area contributed by atoms with Gasteiger partial charge in [0.1, 0.15) is 0 Å². The van der Waals surface area contributed by atoms with Crippen LogP contribution in [0.4, 0.5) is 0 Å². The predicted molar refractivity (Wildman–Crippen MR) is 132 cm³/mol. The van der Waals surface area contributed by atoms with Crippen LogP contribution in [0.15, 0.2) is 70.9 Å². The molecule has 1 N–H and O–H groups in total. The van der Waals surface area contributed by atoms with E-state index in [0.29, 0.717) is 5.16 Å². The number of thiophene rings is 1. The van der Waals surface area contributed by atoms with Crippen LogP contribution in [-0.4, -0.2) is 32.6 Å². The Kier molecular flexibility index (Phi) is 6.82. The first kappa shape index (κ1) is 22.0. The molecule has 0 radical (unpaired) electrons. The molecule has 0 aliphatic carbocycles.